The normalized spacial score (nSPS) is 14.7. The van der Waals surface area contributed by atoms with E-state index in [9.17, 15) is 8.42 Å². The molecule has 0 saturated heterocycles. The minimum atomic E-state index is -3.57. The first-order valence-electron chi connectivity index (χ1n) is 4.89. The second-order valence-electron chi connectivity index (χ2n) is 3.47. The molecule has 0 N–H and O–H groups in total. The predicted octanol–water partition coefficient (Wildman–Crippen LogP) is 2.25. The van der Waals surface area contributed by atoms with E-state index in [4.69, 9.17) is 20.2 Å². The molecule has 1 aliphatic rings. The van der Waals surface area contributed by atoms with E-state index in [1.54, 1.807) is 12.1 Å². The van der Waals surface area contributed by atoms with Gasteiger partial charge in [0.15, 0.2) is 11.5 Å². The molecule has 0 aromatic heterocycles. The molecule has 0 spiro atoms. The van der Waals surface area contributed by atoms with Gasteiger partial charge in [0.2, 0.25) is 9.05 Å². The Labute approximate surface area is 109 Å². The highest BCUT2D eigenvalue weighted by molar-refractivity contribution is 8.13. The zero-order valence-corrected chi connectivity index (χ0v) is 11.5. The molecule has 0 bridgehead atoms. The lowest BCUT2D eigenvalue weighted by Gasteiger charge is -2.22. The number of fused-ring (bicyclic) bond motifs is 1. The summed E-state index contributed by atoms with van der Waals surface area (Å²) in [6.45, 7) is 0.978. The van der Waals surface area contributed by atoms with Crippen molar-refractivity contribution in [3.8, 4) is 11.5 Å². The summed E-state index contributed by atoms with van der Waals surface area (Å²) < 4.78 is 33.2. The lowest BCUT2D eigenvalue weighted by atomic mass is 10.2. The molecular weight excluding hydrogens is 284 g/mol. The summed E-state index contributed by atoms with van der Waals surface area (Å²) in [7, 11) is 1.70. The van der Waals surface area contributed by atoms with Gasteiger partial charge in [-0.25, -0.2) is 8.42 Å². The summed E-state index contributed by atoms with van der Waals surface area (Å²) in [6.07, 6.45) is 1.86. The lowest BCUT2D eigenvalue weighted by molar-refractivity contribution is 0.167. The van der Waals surface area contributed by atoms with Crippen molar-refractivity contribution in [1.82, 2.24) is 0 Å². The summed E-state index contributed by atoms with van der Waals surface area (Å²) in [5.41, 5.74) is 0.636. The van der Waals surface area contributed by atoms with Crippen molar-refractivity contribution >= 4 is 31.5 Å². The van der Waals surface area contributed by atoms with Crippen LogP contribution in [0.3, 0.4) is 0 Å². The molecule has 0 fully saturated rings. The van der Waals surface area contributed by atoms with E-state index in [0.29, 0.717) is 30.3 Å². The Balaban J connectivity index is 2.47. The Kier molecular flexibility index (Phi) is 3.75. The zero-order chi connectivity index (χ0) is 12.5. The topological polar surface area (TPSA) is 52.6 Å². The fourth-order valence-electron chi connectivity index (χ4n) is 1.65. The second kappa shape index (κ2) is 4.96. The minimum absolute atomic E-state index is 0.207. The van der Waals surface area contributed by atoms with Crippen molar-refractivity contribution in [2.24, 2.45) is 0 Å². The number of halogens is 1. The number of hydrogen-bond acceptors (Lipinski definition) is 5. The Bertz CT molecular complexity index is 527. The zero-order valence-electron chi connectivity index (χ0n) is 9.10. The first kappa shape index (κ1) is 12.9. The van der Waals surface area contributed by atoms with Crippen LogP contribution < -0.4 is 9.47 Å². The number of hydrogen-bond donors (Lipinski definition) is 0. The van der Waals surface area contributed by atoms with Gasteiger partial charge in [-0.05, 0) is 17.9 Å². The predicted molar refractivity (Wildman–Crippen MR) is 67.7 cm³/mol. The van der Waals surface area contributed by atoms with Crippen molar-refractivity contribution in [2.75, 3.05) is 19.5 Å². The fourth-order valence-corrected chi connectivity index (χ4v) is 3.46. The molecule has 1 aromatic rings. The first-order valence-corrected chi connectivity index (χ1v) is 8.59. The smallest absolute Gasteiger partial charge is 0.236 e. The van der Waals surface area contributed by atoms with Gasteiger partial charge in [-0.15, -0.1) is 11.8 Å². The maximum absolute atomic E-state index is 11.1. The van der Waals surface area contributed by atoms with Crippen LogP contribution >= 0.6 is 22.4 Å². The van der Waals surface area contributed by atoms with Gasteiger partial charge in [-0.1, -0.05) is 6.07 Å². The molecule has 0 radical (unpaired) electrons. The van der Waals surface area contributed by atoms with Crippen LogP contribution in [0.25, 0.3) is 0 Å². The van der Waals surface area contributed by atoms with Crippen LogP contribution in [0, 0.1) is 0 Å². The Morgan fingerprint density at radius 3 is 2.71 bits per heavy atom. The van der Waals surface area contributed by atoms with E-state index < -0.39 is 9.05 Å². The molecule has 0 unspecified atom stereocenters. The number of benzene rings is 1. The standard InChI is InChI=1S/C10H11ClO4S2/c1-16-10-7(6-17(11,12)13)2-3-8-9(10)15-5-4-14-8/h2-3H,4-6H2,1H3. The third kappa shape index (κ3) is 3.00. The molecule has 4 nitrogen and oxygen atoms in total. The summed E-state index contributed by atoms with van der Waals surface area (Å²) in [5.74, 6) is 1.05. The fraction of sp³-hybridized carbons (Fsp3) is 0.400. The molecule has 2 rings (SSSR count). The van der Waals surface area contributed by atoms with Gasteiger partial charge >= 0.3 is 0 Å². The minimum Gasteiger partial charge on any atom is -0.486 e. The Morgan fingerprint density at radius 1 is 1.35 bits per heavy atom. The highest BCUT2D eigenvalue weighted by Gasteiger charge is 2.21. The molecule has 0 amide bonds. The molecule has 17 heavy (non-hydrogen) atoms. The number of ether oxygens (including phenoxy) is 2. The molecule has 0 aliphatic carbocycles. The highest BCUT2D eigenvalue weighted by atomic mass is 35.7. The third-order valence-electron chi connectivity index (χ3n) is 2.28. The van der Waals surface area contributed by atoms with E-state index in [2.05, 4.69) is 0 Å². The van der Waals surface area contributed by atoms with Gasteiger partial charge in [0, 0.05) is 10.7 Å². The van der Waals surface area contributed by atoms with Crippen molar-refractivity contribution in [3.63, 3.8) is 0 Å². The van der Waals surface area contributed by atoms with Crippen LogP contribution in [-0.4, -0.2) is 27.9 Å². The van der Waals surface area contributed by atoms with Crippen LogP contribution in [0.15, 0.2) is 17.0 Å². The molecule has 1 aromatic carbocycles. The third-order valence-corrected chi connectivity index (χ3v) is 4.12. The molecule has 7 heteroatoms. The van der Waals surface area contributed by atoms with Crippen molar-refractivity contribution < 1.29 is 17.9 Å². The quantitative estimate of drug-likeness (QED) is 0.632. The average molecular weight is 295 g/mol. The molecule has 0 atom stereocenters. The maximum atomic E-state index is 11.1. The van der Waals surface area contributed by atoms with Crippen LogP contribution in [0.1, 0.15) is 5.56 Å². The summed E-state index contributed by atoms with van der Waals surface area (Å²) in [5, 5.41) is 0. The van der Waals surface area contributed by atoms with Gasteiger partial charge < -0.3 is 9.47 Å². The van der Waals surface area contributed by atoms with Gasteiger partial charge in [0.05, 0.1) is 10.6 Å². The van der Waals surface area contributed by atoms with Crippen molar-refractivity contribution in [2.45, 2.75) is 10.6 Å². The van der Waals surface area contributed by atoms with Crippen LogP contribution in [0.2, 0.25) is 0 Å². The van der Waals surface area contributed by atoms with Gasteiger partial charge in [-0.3, -0.25) is 0 Å². The van der Waals surface area contributed by atoms with Gasteiger partial charge in [0.1, 0.15) is 13.2 Å². The second-order valence-corrected chi connectivity index (χ2v) is 7.06. The summed E-state index contributed by atoms with van der Waals surface area (Å²) in [4.78, 5) is 0.770. The summed E-state index contributed by atoms with van der Waals surface area (Å²) in [6, 6.07) is 3.42. The largest absolute Gasteiger partial charge is 0.486 e. The number of thioether (sulfide) groups is 1. The lowest BCUT2D eigenvalue weighted by Crippen LogP contribution is -2.16. The van der Waals surface area contributed by atoms with Crippen LogP contribution in [-0.2, 0) is 14.8 Å². The van der Waals surface area contributed by atoms with Crippen molar-refractivity contribution in [3.05, 3.63) is 17.7 Å². The first-order chi connectivity index (χ1) is 8.01. The maximum Gasteiger partial charge on any atom is 0.236 e. The summed E-state index contributed by atoms with van der Waals surface area (Å²) >= 11 is 1.42. The average Bonchev–Trinajstić information content (AvgIpc) is 2.27. The van der Waals surface area contributed by atoms with Crippen LogP contribution in [0.4, 0.5) is 0 Å². The van der Waals surface area contributed by atoms with Crippen molar-refractivity contribution in [1.29, 1.82) is 0 Å². The van der Waals surface area contributed by atoms with Gasteiger partial charge in [-0.2, -0.15) is 0 Å². The molecule has 1 aliphatic heterocycles. The van der Waals surface area contributed by atoms with E-state index in [0.717, 1.165) is 4.90 Å². The number of rotatable bonds is 3. The van der Waals surface area contributed by atoms with E-state index in [1.165, 1.54) is 11.8 Å². The highest BCUT2D eigenvalue weighted by Crippen LogP contribution is 2.41. The van der Waals surface area contributed by atoms with E-state index >= 15 is 0 Å². The van der Waals surface area contributed by atoms with Crippen LogP contribution in [0.5, 0.6) is 11.5 Å². The van der Waals surface area contributed by atoms with Gasteiger partial charge in [0.25, 0.3) is 0 Å². The molecule has 1 heterocycles. The SMILES string of the molecule is CSc1c(CS(=O)(=O)Cl)ccc2c1OCCO2. The monoisotopic (exact) mass is 294 g/mol. The van der Waals surface area contributed by atoms with E-state index in [1.807, 2.05) is 6.26 Å². The molecule has 0 saturated carbocycles. The molecule has 94 valence electrons. The Morgan fingerprint density at radius 2 is 2.06 bits per heavy atom. The molecular formula is C10H11ClO4S2. The van der Waals surface area contributed by atoms with E-state index in [-0.39, 0.29) is 5.75 Å². The Hall–Kier alpha value is -0.590.